The van der Waals surface area contributed by atoms with E-state index >= 15 is 0 Å². The standard InChI is InChI=1S/C21H26N2O2S/c1-3-4-12-22-20(25)18-16-10-5-6-11-17(16)26-21(18)23-19(24)15-9-7-8-14(2)13-15/h7-9,13H,3-6,10-12H2,1-2H3,(H,22,25)(H,23,24). The molecule has 1 aliphatic carbocycles. The SMILES string of the molecule is CCCCNC(=O)c1c(NC(=O)c2cccc(C)c2)sc2c1CCCC2. The van der Waals surface area contributed by atoms with Crippen LogP contribution in [0.4, 0.5) is 5.00 Å². The third-order valence-electron chi connectivity index (χ3n) is 4.72. The van der Waals surface area contributed by atoms with Crippen molar-refractivity contribution in [3.63, 3.8) is 0 Å². The number of benzene rings is 1. The molecule has 2 N–H and O–H groups in total. The predicted molar refractivity (Wildman–Crippen MR) is 107 cm³/mol. The van der Waals surface area contributed by atoms with E-state index in [2.05, 4.69) is 17.6 Å². The Morgan fingerprint density at radius 1 is 1.15 bits per heavy atom. The molecule has 0 fully saturated rings. The molecule has 0 spiro atoms. The third kappa shape index (κ3) is 4.15. The van der Waals surface area contributed by atoms with Gasteiger partial charge in [0.05, 0.1) is 5.56 Å². The van der Waals surface area contributed by atoms with E-state index in [1.807, 2.05) is 25.1 Å². The van der Waals surface area contributed by atoms with Crippen LogP contribution in [0.1, 0.15) is 69.3 Å². The summed E-state index contributed by atoms with van der Waals surface area (Å²) in [6.07, 6.45) is 6.17. The molecule has 0 saturated heterocycles. The normalized spacial score (nSPS) is 13.2. The molecule has 2 aromatic rings. The lowest BCUT2D eigenvalue weighted by Crippen LogP contribution is -2.26. The topological polar surface area (TPSA) is 58.2 Å². The number of hydrogen-bond acceptors (Lipinski definition) is 3. The summed E-state index contributed by atoms with van der Waals surface area (Å²) in [6, 6.07) is 7.51. The molecule has 2 amide bonds. The van der Waals surface area contributed by atoms with Gasteiger partial charge in [0.1, 0.15) is 5.00 Å². The first kappa shape index (κ1) is 18.6. The largest absolute Gasteiger partial charge is 0.352 e. The number of carbonyl (C=O) groups excluding carboxylic acids is 2. The number of anilines is 1. The van der Waals surface area contributed by atoms with Crippen molar-refractivity contribution in [2.45, 2.75) is 52.4 Å². The zero-order valence-corrected chi connectivity index (χ0v) is 16.3. The Labute approximate surface area is 159 Å². The molecule has 0 saturated carbocycles. The first-order valence-electron chi connectivity index (χ1n) is 9.41. The van der Waals surface area contributed by atoms with Gasteiger partial charge in [-0.2, -0.15) is 0 Å². The zero-order valence-electron chi connectivity index (χ0n) is 15.5. The van der Waals surface area contributed by atoms with Crippen molar-refractivity contribution < 1.29 is 9.59 Å². The van der Waals surface area contributed by atoms with Gasteiger partial charge in [0, 0.05) is 17.0 Å². The van der Waals surface area contributed by atoms with Gasteiger partial charge >= 0.3 is 0 Å². The lowest BCUT2D eigenvalue weighted by molar-refractivity contribution is 0.0953. The van der Waals surface area contributed by atoms with Gasteiger partial charge in [-0.05, 0) is 56.7 Å². The molecule has 26 heavy (non-hydrogen) atoms. The Hall–Kier alpha value is -2.14. The highest BCUT2D eigenvalue weighted by Crippen LogP contribution is 2.38. The van der Waals surface area contributed by atoms with Gasteiger partial charge in [0.25, 0.3) is 11.8 Å². The molecule has 0 unspecified atom stereocenters. The molecule has 0 atom stereocenters. The second kappa shape index (κ2) is 8.49. The average Bonchev–Trinajstić information content (AvgIpc) is 2.99. The maximum Gasteiger partial charge on any atom is 0.256 e. The minimum absolute atomic E-state index is 0.0580. The second-order valence-electron chi connectivity index (χ2n) is 6.85. The number of carbonyl (C=O) groups is 2. The van der Waals surface area contributed by atoms with E-state index in [4.69, 9.17) is 0 Å². The number of hydrogen-bond donors (Lipinski definition) is 2. The zero-order chi connectivity index (χ0) is 18.5. The second-order valence-corrected chi connectivity index (χ2v) is 7.95. The molecule has 0 aliphatic heterocycles. The van der Waals surface area contributed by atoms with Crippen LogP contribution in [-0.4, -0.2) is 18.4 Å². The molecule has 1 aromatic heterocycles. The average molecular weight is 371 g/mol. The van der Waals surface area contributed by atoms with Crippen LogP contribution >= 0.6 is 11.3 Å². The summed E-state index contributed by atoms with van der Waals surface area (Å²) in [6.45, 7) is 4.74. The maximum atomic E-state index is 12.8. The van der Waals surface area contributed by atoms with Crippen LogP contribution in [0.2, 0.25) is 0 Å². The minimum atomic E-state index is -0.157. The van der Waals surface area contributed by atoms with Crippen molar-refractivity contribution in [1.29, 1.82) is 0 Å². The molecule has 0 radical (unpaired) electrons. The number of amides is 2. The van der Waals surface area contributed by atoms with E-state index in [1.54, 1.807) is 17.4 Å². The Balaban J connectivity index is 1.87. The quantitative estimate of drug-likeness (QED) is 0.723. The molecular weight excluding hydrogens is 344 g/mol. The van der Waals surface area contributed by atoms with Crippen LogP contribution in [-0.2, 0) is 12.8 Å². The van der Waals surface area contributed by atoms with Gasteiger partial charge in [0.15, 0.2) is 0 Å². The summed E-state index contributed by atoms with van der Waals surface area (Å²) < 4.78 is 0. The van der Waals surface area contributed by atoms with Crippen LogP contribution < -0.4 is 10.6 Å². The van der Waals surface area contributed by atoms with E-state index in [0.717, 1.165) is 49.7 Å². The summed E-state index contributed by atoms with van der Waals surface area (Å²) in [5.74, 6) is -0.215. The molecule has 3 rings (SSSR count). The number of fused-ring (bicyclic) bond motifs is 1. The van der Waals surface area contributed by atoms with Crippen LogP contribution in [0.3, 0.4) is 0 Å². The lowest BCUT2D eigenvalue weighted by atomic mass is 9.95. The van der Waals surface area contributed by atoms with Crippen LogP contribution in [0, 0.1) is 6.92 Å². The summed E-state index contributed by atoms with van der Waals surface area (Å²) in [5, 5.41) is 6.71. The van der Waals surface area contributed by atoms with Crippen LogP contribution in [0.25, 0.3) is 0 Å². The van der Waals surface area contributed by atoms with E-state index in [-0.39, 0.29) is 11.8 Å². The highest BCUT2D eigenvalue weighted by atomic mass is 32.1. The number of aryl methyl sites for hydroxylation is 2. The third-order valence-corrected chi connectivity index (χ3v) is 5.93. The number of thiophene rings is 1. The number of unbranched alkanes of at least 4 members (excludes halogenated alkanes) is 1. The summed E-state index contributed by atoms with van der Waals surface area (Å²) in [5.41, 5.74) is 3.48. The monoisotopic (exact) mass is 370 g/mol. The van der Waals surface area contributed by atoms with E-state index in [0.29, 0.717) is 22.7 Å². The molecule has 138 valence electrons. The number of rotatable bonds is 6. The van der Waals surface area contributed by atoms with Crippen molar-refractivity contribution in [1.82, 2.24) is 5.32 Å². The summed E-state index contributed by atoms with van der Waals surface area (Å²) >= 11 is 1.56. The van der Waals surface area contributed by atoms with Crippen molar-refractivity contribution in [2.75, 3.05) is 11.9 Å². The Kier molecular flexibility index (Phi) is 6.09. The molecule has 5 heteroatoms. The maximum absolute atomic E-state index is 12.8. The van der Waals surface area contributed by atoms with Crippen molar-refractivity contribution >= 4 is 28.2 Å². The highest BCUT2D eigenvalue weighted by molar-refractivity contribution is 7.17. The fourth-order valence-electron chi connectivity index (χ4n) is 3.32. The van der Waals surface area contributed by atoms with Crippen molar-refractivity contribution in [3.8, 4) is 0 Å². The highest BCUT2D eigenvalue weighted by Gasteiger charge is 2.26. The van der Waals surface area contributed by atoms with Gasteiger partial charge in [-0.25, -0.2) is 0 Å². The number of nitrogens with one attached hydrogen (secondary N) is 2. The van der Waals surface area contributed by atoms with E-state index < -0.39 is 0 Å². The summed E-state index contributed by atoms with van der Waals surface area (Å²) in [4.78, 5) is 26.7. The van der Waals surface area contributed by atoms with Crippen LogP contribution in [0.15, 0.2) is 24.3 Å². The minimum Gasteiger partial charge on any atom is -0.352 e. The first-order valence-corrected chi connectivity index (χ1v) is 10.2. The fraction of sp³-hybridized carbons (Fsp3) is 0.429. The smallest absolute Gasteiger partial charge is 0.256 e. The van der Waals surface area contributed by atoms with Gasteiger partial charge < -0.3 is 10.6 Å². The van der Waals surface area contributed by atoms with Crippen LogP contribution in [0.5, 0.6) is 0 Å². The van der Waals surface area contributed by atoms with Crippen molar-refractivity contribution in [2.24, 2.45) is 0 Å². The Morgan fingerprint density at radius 2 is 1.96 bits per heavy atom. The Bertz CT molecular complexity index is 810. The molecule has 1 aromatic carbocycles. The van der Waals surface area contributed by atoms with E-state index in [1.165, 1.54) is 4.88 Å². The Morgan fingerprint density at radius 3 is 2.73 bits per heavy atom. The predicted octanol–water partition coefficient (Wildman–Crippen LogP) is 4.72. The lowest BCUT2D eigenvalue weighted by Gasteiger charge is -2.13. The molecule has 0 bridgehead atoms. The van der Waals surface area contributed by atoms with E-state index in [9.17, 15) is 9.59 Å². The summed E-state index contributed by atoms with van der Waals surface area (Å²) in [7, 11) is 0. The molecule has 1 aliphatic rings. The fourth-order valence-corrected chi connectivity index (χ4v) is 4.60. The molecule has 1 heterocycles. The van der Waals surface area contributed by atoms with Crippen molar-refractivity contribution in [3.05, 3.63) is 51.4 Å². The van der Waals surface area contributed by atoms with Gasteiger partial charge in [0.2, 0.25) is 0 Å². The molecule has 4 nitrogen and oxygen atoms in total. The van der Waals surface area contributed by atoms with Gasteiger partial charge in [-0.15, -0.1) is 11.3 Å². The first-order chi connectivity index (χ1) is 12.6. The van der Waals surface area contributed by atoms with Gasteiger partial charge in [-0.1, -0.05) is 31.0 Å². The molecular formula is C21H26N2O2S. The van der Waals surface area contributed by atoms with Gasteiger partial charge in [-0.3, -0.25) is 9.59 Å².